The normalized spacial score (nSPS) is 12.2. The van der Waals surface area contributed by atoms with Crippen molar-refractivity contribution in [2.45, 2.75) is 51.4 Å². The molecule has 0 saturated heterocycles. The summed E-state index contributed by atoms with van der Waals surface area (Å²) >= 11 is 0. The third kappa shape index (κ3) is 5.30. The lowest BCUT2D eigenvalue weighted by atomic mass is 10.2. The molecule has 3 heteroatoms. The Morgan fingerprint density at radius 3 is 2.04 bits per heavy atom. The van der Waals surface area contributed by atoms with E-state index in [1.54, 1.807) is 15.9 Å². The van der Waals surface area contributed by atoms with Crippen LogP contribution in [0.15, 0.2) is 48.5 Å². The molecule has 0 amide bonds. The van der Waals surface area contributed by atoms with Crippen LogP contribution in [-0.4, -0.2) is 25.7 Å². The fourth-order valence-electron chi connectivity index (χ4n) is 3.08. The molecule has 0 unspecified atom stereocenters. The molecule has 2 aromatic carbocycles. The standard InChI is InChI=1S/C20H30Si3/c1-21(2)15-18-8-7-9-20(14-18)23(5,6)16-17-10-12-19(13-11-17)22(3)4/h7-14H,15-16H2,1-6H3. The van der Waals surface area contributed by atoms with Crippen LogP contribution in [0.4, 0.5) is 0 Å². The molecule has 2 rings (SSSR count). The Kier molecular flexibility index (Phi) is 6.23. The Morgan fingerprint density at radius 1 is 0.826 bits per heavy atom. The van der Waals surface area contributed by atoms with Gasteiger partial charge in [-0.1, -0.05) is 109 Å². The summed E-state index contributed by atoms with van der Waals surface area (Å²) in [4.78, 5) is 0. The van der Waals surface area contributed by atoms with Crippen molar-refractivity contribution < 1.29 is 0 Å². The molecule has 23 heavy (non-hydrogen) atoms. The molecule has 0 N–H and O–H groups in total. The van der Waals surface area contributed by atoms with Crippen molar-refractivity contribution in [3.05, 3.63) is 59.7 Å². The maximum atomic E-state index is 2.51. The lowest BCUT2D eigenvalue weighted by molar-refractivity contribution is 1.31. The van der Waals surface area contributed by atoms with Gasteiger partial charge in [0.2, 0.25) is 0 Å². The van der Waals surface area contributed by atoms with Crippen molar-refractivity contribution >= 4 is 36.0 Å². The Balaban J connectivity index is 2.17. The van der Waals surface area contributed by atoms with E-state index in [2.05, 4.69) is 87.8 Å². The zero-order valence-electron chi connectivity index (χ0n) is 15.5. The molecule has 0 spiro atoms. The van der Waals surface area contributed by atoms with Gasteiger partial charge in [0, 0.05) is 8.80 Å². The van der Waals surface area contributed by atoms with Gasteiger partial charge in [0.15, 0.2) is 0 Å². The van der Waals surface area contributed by atoms with Gasteiger partial charge in [-0.05, 0) is 12.1 Å². The van der Waals surface area contributed by atoms with Crippen LogP contribution in [0.25, 0.3) is 0 Å². The van der Waals surface area contributed by atoms with E-state index in [-0.39, 0.29) is 17.6 Å². The number of benzene rings is 2. The second-order valence-electron chi connectivity index (χ2n) is 7.84. The summed E-state index contributed by atoms with van der Waals surface area (Å²) in [6.07, 6.45) is 0. The molecular weight excluding hydrogens is 324 g/mol. The van der Waals surface area contributed by atoms with Crippen molar-refractivity contribution in [2.75, 3.05) is 0 Å². The van der Waals surface area contributed by atoms with E-state index in [0.29, 0.717) is 0 Å². The molecule has 0 atom stereocenters. The molecule has 0 aliphatic carbocycles. The Hall–Kier alpha value is -0.909. The average Bonchev–Trinajstić information content (AvgIpc) is 2.47. The maximum Gasteiger partial charge on any atom is 0.0849 e. The molecule has 0 heterocycles. The van der Waals surface area contributed by atoms with E-state index < -0.39 is 8.07 Å². The molecule has 0 aliphatic heterocycles. The zero-order chi connectivity index (χ0) is 17.0. The summed E-state index contributed by atoms with van der Waals surface area (Å²) in [5.74, 6) is 0. The third-order valence-electron chi connectivity index (χ3n) is 4.44. The van der Waals surface area contributed by atoms with Gasteiger partial charge >= 0.3 is 0 Å². The summed E-state index contributed by atoms with van der Waals surface area (Å²) in [5.41, 5.74) is 3.05. The van der Waals surface area contributed by atoms with E-state index in [1.165, 1.54) is 17.7 Å². The van der Waals surface area contributed by atoms with Crippen LogP contribution in [0, 0.1) is 0 Å². The van der Waals surface area contributed by atoms with Gasteiger partial charge in [0.05, 0.1) is 16.9 Å². The molecule has 0 aromatic heterocycles. The molecule has 0 aliphatic rings. The predicted octanol–water partition coefficient (Wildman–Crippen LogP) is 4.18. The molecule has 0 fully saturated rings. The smallest absolute Gasteiger partial charge is 0.0710 e. The number of hydrogen-bond donors (Lipinski definition) is 0. The van der Waals surface area contributed by atoms with Crippen LogP contribution >= 0.6 is 0 Å². The van der Waals surface area contributed by atoms with Gasteiger partial charge in [-0.2, -0.15) is 0 Å². The van der Waals surface area contributed by atoms with Crippen LogP contribution < -0.4 is 10.4 Å². The van der Waals surface area contributed by atoms with Gasteiger partial charge in [-0.15, -0.1) is 0 Å². The first-order valence-electron chi connectivity index (χ1n) is 8.56. The summed E-state index contributed by atoms with van der Waals surface area (Å²) in [5, 5.41) is 3.15. The summed E-state index contributed by atoms with van der Waals surface area (Å²) < 4.78 is 0. The van der Waals surface area contributed by atoms with Crippen molar-refractivity contribution in [3.8, 4) is 0 Å². The van der Waals surface area contributed by atoms with Crippen LogP contribution in [-0.2, 0) is 12.1 Å². The minimum absolute atomic E-state index is 0.201. The van der Waals surface area contributed by atoms with E-state index in [4.69, 9.17) is 0 Å². The van der Waals surface area contributed by atoms with Crippen molar-refractivity contribution in [2.24, 2.45) is 0 Å². The zero-order valence-corrected chi connectivity index (χ0v) is 18.5. The predicted molar refractivity (Wildman–Crippen MR) is 112 cm³/mol. The monoisotopic (exact) mass is 354 g/mol. The van der Waals surface area contributed by atoms with Gasteiger partial charge in [-0.25, -0.2) is 0 Å². The Labute approximate surface area is 147 Å². The second-order valence-corrected chi connectivity index (χ2v) is 17.9. The SMILES string of the molecule is C[Si](C)Cc1cccc([Si](C)(C)Cc2ccc([Si](C)C)cc2)c1. The van der Waals surface area contributed by atoms with Gasteiger partial charge in [0.1, 0.15) is 0 Å². The fourth-order valence-corrected chi connectivity index (χ4v) is 7.53. The summed E-state index contributed by atoms with van der Waals surface area (Å²) in [6, 6.07) is 21.4. The molecule has 0 bridgehead atoms. The van der Waals surface area contributed by atoms with E-state index in [0.717, 1.165) is 0 Å². The molecule has 2 aromatic rings. The lowest BCUT2D eigenvalue weighted by Crippen LogP contribution is -2.44. The quantitative estimate of drug-likeness (QED) is 0.683. The highest BCUT2D eigenvalue weighted by Gasteiger charge is 2.24. The number of hydrogen-bond acceptors (Lipinski definition) is 0. The Bertz CT molecular complexity index is 628. The molecular formula is C20H30Si3. The summed E-state index contributed by atoms with van der Waals surface area (Å²) in [6.45, 7) is 14.6. The van der Waals surface area contributed by atoms with Crippen molar-refractivity contribution in [1.29, 1.82) is 0 Å². The van der Waals surface area contributed by atoms with E-state index in [1.807, 2.05) is 0 Å². The van der Waals surface area contributed by atoms with Gasteiger partial charge < -0.3 is 0 Å². The second kappa shape index (κ2) is 7.77. The van der Waals surface area contributed by atoms with E-state index in [9.17, 15) is 0 Å². The highest BCUT2D eigenvalue weighted by molar-refractivity contribution is 6.89. The Morgan fingerprint density at radius 2 is 1.48 bits per heavy atom. The van der Waals surface area contributed by atoms with Gasteiger partial charge in [0.25, 0.3) is 0 Å². The average molecular weight is 355 g/mol. The minimum atomic E-state index is -1.43. The fraction of sp³-hybridized carbons (Fsp3) is 0.400. The van der Waals surface area contributed by atoms with Crippen LogP contribution in [0.2, 0.25) is 39.3 Å². The maximum absolute atomic E-state index is 2.51. The highest BCUT2D eigenvalue weighted by atomic mass is 28.3. The lowest BCUT2D eigenvalue weighted by Gasteiger charge is -2.24. The minimum Gasteiger partial charge on any atom is -0.0710 e. The van der Waals surface area contributed by atoms with Crippen LogP contribution in [0.3, 0.4) is 0 Å². The molecule has 0 nitrogen and oxygen atoms in total. The topological polar surface area (TPSA) is 0 Å². The first-order chi connectivity index (χ1) is 10.8. The molecule has 122 valence electrons. The highest BCUT2D eigenvalue weighted by Crippen LogP contribution is 2.14. The van der Waals surface area contributed by atoms with Crippen molar-refractivity contribution in [3.63, 3.8) is 0 Å². The van der Waals surface area contributed by atoms with Crippen molar-refractivity contribution in [1.82, 2.24) is 0 Å². The first-order valence-corrected chi connectivity index (χ1v) is 17.0. The van der Waals surface area contributed by atoms with E-state index >= 15 is 0 Å². The first kappa shape index (κ1) is 18.4. The molecule has 2 radical (unpaired) electrons. The number of rotatable bonds is 6. The van der Waals surface area contributed by atoms with Gasteiger partial charge in [-0.3, -0.25) is 0 Å². The third-order valence-corrected chi connectivity index (χ3v) is 10.2. The van der Waals surface area contributed by atoms with Crippen LogP contribution in [0.1, 0.15) is 11.1 Å². The summed E-state index contributed by atoms with van der Waals surface area (Å²) in [7, 11) is -1.96. The largest absolute Gasteiger partial charge is 0.0849 e. The molecule has 0 saturated carbocycles. The van der Waals surface area contributed by atoms with Crippen LogP contribution in [0.5, 0.6) is 0 Å².